The number of carbonyl (C=O) groups excluding carboxylic acids is 1. The number of esters is 1. The Labute approximate surface area is 124 Å². The van der Waals surface area contributed by atoms with Crippen molar-refractivity contribution in [2.75, 3.05) is 12.3 Å². The van der Waals surface area contributed by atoms with E-state index in [9.17, 15) is 15.0 Å². The molecule has 2 aromatic rings. The second-order valence-electron chi connectivity index (χ2n) is 4.90. The van der Waals surface area contributed by atoms with Gasteiger partial charge in [-0.25, -0.2) is 15.0 Å². The zero-order valence-corrected chi connectivity index (χ0v) is 11.7. The minimum atomic E-state index is -1.19. The standard InChI is InChI=1S/C12H15N5O5/c1-5(19)21-9-6(2-18)22-12(8(9)20)17-4-16-7-10(13)14-3-15-11(7)17/h3-4,6,8-9,12,18,20H,2H2,1H3,(H2,13,14,15)/t6-,8?,9?,12-/m1/s1. The van der Waals surface area contributed by atoms with Gasteiger partial charge in [0, 0.05) is 6.92 Å². The molecule has 0 bridgehead atoms. The van der Waals surface area contributed by atoms with Gasteiger partial charge in [0.15, 0.2) is 23.8 Å². The minimum Gasteiger partial charge on any atom is -0.457 e. The fourth-order valence-corrected chi connectivity index (χ4v) is 2.49. The molecule has 1 aliphatic heterocycles. The number of rotatable bonds is 3. The SMILES string of the molecule is CC(=O)OC1C(O)[C@H](n2cnc3c(N)ncnc32)O[C@@H]1CO. The van der Waals surface area contributed by atoms with Gasteiger partial charge in [-0.2, -0.15) is 0 Å². The number of nitrogens with zero attached hydrogens (tertiary/aromatic N) is 4. The Hall–Kier alpha value is -2.30. The van der Waals surface area contributed by atoms with Crippen LogP contribution in [0.4, 0.5) is 5.82 Å². The predicted octanol–water partition coefficient (Wildman–Crippen LogP) is -1.41. The molecule has 0 radical (unpaired) electrons. The first kappa shape index (κ1) is 14.6. The highest BCUT2D eigenvalue weighted by Crippen LogP contribution is 2.33. The molecule has 1 aliphatic rings. The molecule has 2 aromatic heterocycles. The number of nitrogens with two attached hydrogens (primary N) is 1. The number of hydrogen-bond acceptors (Lipinski definition) is 9. The third-order valence-corrected chi connectivity index (χ3v) is 3.45. The van der Waals surface area contributed by atoms with E-state index in [0.717, 1.165) is 0 Å². The van der Waals surface area contributed by atoms with Crippen LogP contribution in [-0.2, 0) is 14.3 Å². The van der Waals surface area contributed by atoms with Crippen LogP contribution in [-0.4, -0.2) is 60.6 Å². The Morgan fingerprint density at radius 3 is 2.95 bits per heavy atom. The number of aliphatic hydroxyl groups is 2. The van der Waals surface area contributed by atoms with E-state index in [1.807, 2.05) is 0 Å². The average Bonchev–Trinajstić information content (AvgIpc) is 3.02. The summed E-state index contributed by atoms with van der Waals surface area (Å²) in [6.07, 6.45) is -1.27. The number of hydrogen-bond donors (Lipinski definition) is 3. The molecule has 0 aromatic carbocycles. The third-order valence-electron chi connectivity index (χ3n) is 3.45. The van der Waals surface area contributed by atoms with Crippen LogP contribution in [0.3, 0.4) is 0 Å². The van der Waals surface area contributed by atoms with Gasteiger partial charge in [-0.15, -0.1) is 0 Å². The molecule has 2 unspecified atom stereocenters. The van der Waals surface area contributed by atoms with E-state index in [-0.39, 0.29) is 5.82 Å². The molecule has 4 atom stereocenters. The van der Waals surface area contributed by atoms with Gasteiger partial charge in [0.05, 0.1) is 12.9 Å². The molecule has 0 spiro atoms. The summed E-state index contributed by atoms with van der Waals surface area (Å²) in [5.74, 6) is -0.375. The molecule has 1 saturated heterocycles. The first-order valence-electron chi connectivity index (χ1n) is 6.57. The van der Waals surface area contributed by atoms with Crippen LogP contribution in [0.2, 0.25) is 0 Å². The van der Waals surface area contributed by atoms with E-state index in [0.29, 0.717) is 11.2 Å². The normalized spacial score (nSPS) is 28.1. The topological polar surface area (TPSA) is 146 Å². The first-order chi connectivity index (χ1) is 10.5. The average molecular weight is 309 g/mol. The maximum atomic E-state index is 11.1. The molecular weight excluding hydrogens is 294 g/mol. The Morgan fingerprint density at radius 2 is 2.27 bits per heavy atom. The van der Waals surface area contributed by atoms with Crippen molar-refractivity contribution >= 4 is 23.0 Å². The van der Waals surface area contributed by atoms with Gasteiger partial charge >= 0.3 is 5.97 Å². The van der Waals surface area contributed by atoms with Crippen LogP contribution in [0.15, 0.2) is 12.7 Å². The smallest absolute Gasteiger partial charge is 0.303 e. The van der Waals surface area contributed by atoms with Gasteiger partial charge in [0.25, 0.3) is 0 Å². The molecule has 4 N–H and O–H groups in total. The molecular formula is C12H15N5O5. The molecule has 3 rings (SSSR count). The van der Waals surface area contributed by atoms with E-state index < -0.39 is 37.1 Å². The maximum Gasteiger partial charge on any atom is 0.303 e. The zero-order valence-electron chi connectivity index (χ0n) is 11.7. The van der Waals surface area contributed by atoms with Gasteiger partial charge in [-0.3, -0.25) is 9.36 Å². The van der Waals surface area contributed by atoms with Gasteiger partial charge in [0.2, 0.25) is 0 Å². The van der Waals surface area contributed by atoms with Crippen LogP contribution in [0, 0.1) is 0 Å². The fraction of sp³-hybridized carbons (Fsp3) is 0.500. The van der Waals surface area contributed by atoms with Crippen LogP contribution in [0.1, 0.15) is 13.2 Å². The lowest BCUT2D eigenvalue weighted by Crippen LogP contribution is -2.37. The van der Waals surface area contributed by atoms with E-state index >= 15 is 0 Å². The van der Waals surface area contributed by atoms with Crippen molar-refractivity contribution in [3.05, 3.63) is 12.7 Å². The van der Waals surface area contributed by atoms with Crippen molar-refractivity contribution in [1.29, 1.82) is 0 Å². The molecule has 1 fully saturated rings. The van der Waals surface area contributed by atoms with Crippen LogP contribution < -0.4 is 5.73 Å². The molecule has 3 heterocycles. The highest BCUT2D eigenvalue weighted by molar-refractivity contribution is 5.81. The summed E-state index contributed by atoms with van der Waals surface area (Å²) in [4.78, 5) is 23.1. The van der Waals surface area contributed by atoms with E-state index in [2.05, 4.69) is 15.0 Å². The molecule has 0 amide bonds. The van der Waals surface area contributed by atoms with Crippen molar-refractivity contribution in [3.8, 4) is 0 Å². The highest BCUT2D eigenvalue weighted by atomic mass is 16.6. The van der Waals surface area contributed by atoms with Crippen molar-refractivity contribution in [2.24, 2.45) is 0 Å². The van der Waals surface area contributed by atoms with Crippen LogP contribution >= 0.6 is 0 Å². The minimum absolute atomic E-state index is 0.200. The summed E-state index contributed by atoms with van der Waals surface area (Å²) < 4.78 is 12.1. The van der Waals surface area contributed by atoms with Crippen molar-refractivity contribution in [2.45, 2.75) is 31.5 Å². The van der Waals surface area contributed by atoms with E-state index in [1.54, 1.807) is 0 Å². The lowest BCUT2D eigenvalue weighted by molar-refractivity contribution is -0.153. The number of imidazole rings is 1. The number of aliphatic hydroxyl groups excluding tert-OH is 2. The van der Waals surface area contributed by atoms with E-state index in [4.69, 9.17) is 15.2 Å². The van der Waals surface area contributed by atoms with Crippen LogP contribution in [0.25, 0.3) is 11.2 Å². The van der Waals surface area contributed by atoms with Gasteiger partial charge in [0.1, 0.15) is 24.1 Å². The summed E-state index contributed by atoms with van der Waals surface area (Å²) in [7, 11) is 0. The number of fused-ring (bicyclic) bond motifs is 1. The van der Waals surface area contributed by atoms with Gasteiger partial charge in [-0.1, -0.05) is 0 Å². The lowest BCUT2D eigenvalue weighted by Gasteiger charge is -2.19. The summed E-state index contributed by atoms with van der Waals surface area (Å²) >= 11 is 0. The van der Waals surface area contributed by atoms with Gasteiger partial charge < -0.3 is 25.4 Å². The quantitative estimate of drug-likeness (QED) is 0.582. The maximum absolute atomic E-state index is 11.1. The fourth-order valence-electron chi connectivity index (χ4n) is 2.49. The van der Waals surface area contributed by atoms with Gasteiger partial charge in [-0.05, 0) is 0 Å². The van der Waals surface area contributed by atoms with Crippen molar-refractivity contribution in [1.82, 2.24) is 19.5 Å². The first-order valence-corrected chi connectivity index (χ1v) is 6.57. The molecule has 118 valence electrons. The predicted molar refractivity (Wildman–Crippen MR) is 72.3 cm³/mol. The molecule has 0 saturated carbocycles. The van der Waals surface area contributed by atoms with Crippen LogP contribution in [0.5, 0.6) is 0 Å². The number of anilines is 1. The second-order valence-corrected chi connectivity index (χ2v) is 4.90. The van der Waals surface area contributed by atoms with Crippen molar-refractivity contribution in [3.63, 3.8) is 0 Å². The summed E-state index contributed by atoms with van der Waals surface area (Å²) in [5, 5.41) is 19.7. The zero-order chi connectivity index (χ0) is 15.9. The van der Waals surface area contributed by atoms with Crippen molar-refractivity contribution < 1.29 is 24.5 Å². The highest BCUT2D eigenvalue weighted by Gasteiger charge is 2.47. The summed E-state index contributed by atoms with van der Waals surface area (Å²) in [6, 6.07) is 0. The number of nitrogen functional groups attached to an aromatic ring is 1. The third kappa shape index (κ3) is 2.26. The summed E-state index contributed by atoms with van der Waals surface area (Å²) in [5.41, 5.74) is 6.45. The Kier molecular flexibility index (Phi) is 3.64. The Balaban J connectivity index is 1.97. The molecule has 10 nitrogen and oxygen atoms in total. The largest absolute Gasteiger partial charge is 0.457 e. The number of carbonyl (C=O) groups is 1. The second kappa shape index (κ2) is 5.48. The number of aromatic nitrogens is 4. The molecule has 0 aliphatic carbocycles. The Bertz CT molecular complexity index is 704. The van der Waals surface area contributed by atoms with E-state index in [1.165, 1.54) is 24.1 Å². The number of ether oxygens (including phenoxy) is 2. The Morgan fingerprint density at radius 1 is 1.50 bits per heavy atom. The monoisotopic (exact) mass is 309 g/mol. The molecule has 10 heteroatoms. The summed E-state index contributed by atoms with van der Waals surface area (Å²) in [6.45, 7) is 0.810. The molecule has 22 heavy (non-hydrogen) atoms. The lowest BCUT2D eigenvalue weighted by atomic mass is 10.1.